The fourth-order valence-corrected chi connectivity index (χ4v) is 6.56. The van der Waals surface area contributed by atoms with E-state index >= 15 is 4.39 Å². The smallest absolute Gasteiger partial charge is 0.308 e. The van der Waals surface area contributed by atoms with Gasteiger partial charge in [0.25, 0.3) is 0 Å². The summed E-state index contributed by atoms with van der Waals surface area (Å²) >= 11 is 6.14. The van der Waals surface area contributed by atoms with Gasteiger partial charge in [-0.25, -0.2) is 13.8 Å². The summed E-state index contributed by atoms with van der Waals surface area (Å²) in [4.78, 5) is 19.7. The highest BCUT2D eigenvalue weighted by molar-refractivity contribution is 6.31. The third-order valence-corrected chi connectivity index (χ3v) is 8.30. The number of nitrogens with one attached hydrogen (secondary N) is 2. The maximum absolute atomic E-state index is 16.3. The van der Waals surface area contributed by atoms with E-state index < -0.39 is 29.6 Å². The lowest BCUT2D eigenvalue weighted by atomic mass is 9.61. The molecule has 0 aliphatic heterocycles. The number of aliphatic carboxylic acids is 1. The quantitative estimate of drug-likeness (QED) is 0.257. The number of halogens is 3. The van der Waals surface area contributed by atoms with Gasteiger partial charge in [-0.3, -0.25) is 4.79 Å². The molecule has 2 aromatic carbocycles. The first-order valence-corrected chi connectivity index (χ1v) is 12.9. The van der Waals surface area contributed by atoms with Crippen molar-refractivity contribution in [3.8, 4) is 28.5 Å². The summed E-state index contributed by atoms with van der Waals surface area (Å²) in [7, 11) is 0. The number of carbonyl (C=O) groups is 1. The number of nitrogens with zero attached hydrogens (tertiary/aromatic N) is 2. The average Bonchev–Trinajstić information content (AvgIpc) is 3.34. The highest BCUT2D eigenvalue weighted by atomic mass is 35.5. The van der Waals surface area contributed by atoms with Gasteiger partial charge in [-0.15, -0.1) is 0 Å². The second kappa shape index (κ2) is 9.41. The zero-order valence-electron chi connectivity index (χ0n) is 20.1. The number of aromatic amines is 1. The van der Waals surface area contributed by atoms with Gasteiger partial charge in [0.2, 0.25) is 0 Å². The van der Waals surface area contributed by atoms with Crippen LogP contribution < -0.4 is 5.32 Å². The molecule has 0 radical (unpaired) electrons. The van der Waals surface area contributed by atoms with Crippen molar-refractivity contribution in [3.63, 3.8) is 0 Å². The van der Waals surface area contributed by atoms with Crippen LogP contribution in [0.2, 0.25) is 5.02 Å². The molecule has 6 nitrogen and oxygen atoms in total. The molecule has 0 saturated heterocycles. The number of benzene rings is 2. The maximum atomic E-state index is 16.3. The molecule has 9 heteroatoms. The van der Waals surface area contributed by atoms with E-state index in [0.29, 0.717) is 16.5 Å². The predicted octanol–water partition coefficient (Wildman–Crippen LogP) is 7.00. The molecule has 3 aliphatic rings. The van der Waals surface area contributed by atoms with Crippen LogP contribution in [0.3, 0.4) is 0 Å². The SMILES string of the molecule is N#Cc1c(-c2c[nH]c3c(F)cc(Cl)cc23)nc(NC2C3CCC(CC3)[C@H]2C(=O)O)c(F)c1-c1ccccc1. The minimum absolute atomic E-state index is 0.0134. The minimum atomic E-state index is -0.906. The molecule has 3 saturated carbocycles. The largest absolute Gasteiger partial charge is 0.481 e. The Kier molecular flexibility index (Phi) is 6.04. The molecule has 2 bridgehead atoms. The van der Waals surface area contributed by atoms with Crippen LogP contribution in [-0.2, 0) is 4.79 Å². The molecule has 7 rings (SSSR count). The Labute approximate surface area is 222 Å². The summed E-state index contributed by atoms with van der Waals surface area (Å²) in [5, 5.41) is 24.0. The first-order chi connectivity index (χ1) is 18.4. The molecule has 3 fully saturated rings. The van der Waals surface area contributed by atoms with Crippen molar-refractivity contribution in [3.05, 3.63) is 70.9 Å². The van der Waals surface area contributed by atoms with Crippen molar-refractivity contribution < 1.29 is 18.7 Å². The molecule has 0 amide bonds. The lowest BCUT2D eigenvalue weighted by Crippen LogP contribution is -2.51. The third kappa shape index (κ3) is 3.89. The summed E-state index contributed by atoms with van der Waals surface area (Å²) in [6.45, 7) is 0. The molecule has 0 spiro atoms. The zero-order valence-corrected chi connectivity index (χ0v) is 20.9. The van der Waals surface area contributed by atoms with Gasteiger partial charge in [-0.05, 0) is 55.2 Å². The zero-order chi connectivity index (χ0) is 26.6. The van der Waals surface area contributed by atoms with Gasteiger partial charge in [-0.2, -0.15) is 5.26 Å². The fourth-order valence-electron chi connectivity index (χ4n) is 6.36. The normalized spacial score (nSPS) is 22.4. The van der Waals surface area contributed by atoms with Crippen molar-refractivity contribution in [2.24, 2.45) is 17.8 Å². The molecule has 192 valence electrons. The van der Waals surface area contributed by atoms with E-state index in [-0.39, 0.29) is 45.0 Å². The lowest BCUT2D eigenvalue weighted by Gasteiger charge is -2.47. The highest BCUT2D eigenvalue weighted by Gasteiger charge is 2.47. The van der Waals surface area contributed by atoms with E-state index in [4.69, 9.17) is 11.6 Å². The number of hydrogen-bond acceptors (Lipinski definition) is 4. The Hall–Kier alpha value is -3.96. The van der Waals surface area contributed by atoms with Crippen LogP contribution in [0.5, 0.6) is 0 Å². The standard InChI is InChI=1S/C29H23ClF2N4O2/c30-17-10-18-20(13-34-27(18)21(31)11-17)26-19(12-33)22(14-4-2-1-3-5-14)24(32)28(36-26)35-25-16-8-6-15(7-9-16)23(25)29(37)38/h1-5,10-11,13,15-16,23,25,34H,6-9H2,(H,35,36)(H,37,38)/t15?,16?,23-,25?/m1/s1. The molecule has 2 aromatic heterocycles. The first-order valence-electron chi connectivity index (χ1n) is 12.5. The number of nitriles is 1. The number of hydrogen-bond donors (Lipinski definition) is 3. The fraction of sp³-hybridized carbons (Fsp3) is 0.276. The van der Waals surface area contributed by atoms with E-state index in [9.17, 15) is 19.6 Å². The van der Waals surface area contributed by atoms with Crippen LogP contribution in [0.25, 0.3) is 33.3 Å². The van der Waals surface area contributed by atoms with E-state index in [1.165, 1.54) is 12.3 Å². The number of fused-ring (bicyclic) bond motifs is 4. The Morgan fingerprint density at radius 3 is 2.53 bits per heavy atom. The Morgan fingerprint density at radius 2 is 1.84 bits per heavy atom. The number of aromatic nitrogens is 2. The van der Waals surface area contributed by atoms with E-state index in [0.717, 1.165) is 25.7 Å². The summed E-state index contributed by atoms with van der Waals surface area (Å²) in [6, 6.07) is 13.0. The maximum Gasteiger partial charge on any atom is 0.308 e. The van der Waals surface area contributed by atoms with Crippen LogP contribution in [0, 0.1) is 40.7 Å². The van der Waals surface area contributed by atoms with Gasteiger partial charge in [-0.1, -0.05) is 41.9 Å². The molecule has 38 heavy (non-hydrogen) atoms. The van der Waals surface area contributed by atoms with E-state index in [1.54, 1.807) is 36.4 Å². The van der Waals surface area contributed by atoms with Gasteiger partial charge in [0.05, 0.1) is 22.7 Å². The van der Waals surface area contributed by atoms with Crippen LogP contribution in [0.1, 0.15) is 31.2 Å². The first kappa shape index (κ1) is 24.4. The number of rotatable bonds is 5. The lowest BCUT2D eigenvalue weighted by molar-refractivity contribution is -0.148. The number of carboxylic acids is 1. The monoisotopic (exact) mass is 532 g/mol. The van der Waals surface area contributed by atoms with Crippen molar-refractivity contribution in [1.82, 2.24) is 9.97 Å². The Balaban J connectivity index is 1.58. The van der Waals surface area contributed by atoms with Crippen molar-refractivity contribution >= 4 is 34.3 Å². The highest BCUT2D eigenvalue weighted by Crippen LogP contribution is 2.47. The second-order valence-corrected chi connectivity index (χ2v) is 10.5. The molecular formula is C29H23ClF2N4O2. The number of pyridine rings is 1. The van der Waals surface area contributed by atoms with Gasteiger partial charge in [0, 0.05) is 33.8 Å². The molecule has 4 aromatic rings. The van der Waals surface area contributed by atoms with Crippen molar-refractivity contribution in [2.75, 3.05) is 5.32 Å². The van der Waals surface area contributed by atoms with Crippen LogP contribution in [-0.4, -0.2) is 27.1 Å². The van der Waals surface area contributed by atoms with Gasteiger partial charge in [0.1, 0.15) is 11.9 Å². The Morgan fingerprint density at radius 1 is 1.13 bits per heavy atom. The summed E-state index contributed by atoms with van der Waals surface area (Å²) < 4.78 is 30.9. The van der Waals surface area contributed by atoms with Gasteiger partial charge < -0.3 is 15.4 Å². The minimum Gasteiger partial charge on any atom is -0.481 e. The van der Waals surface area contributed by atoms with Crippen molar-refractivity contribution in [2.45, 2.75) is 31.7 Å². The van der Waals surface area contributed by atoms with Crippen molar-refractivity contribution in [1.29, 1.82) is 5.26 Å². The second-order valence-electron chi connectivity index (χ2n) is 10.1. The number of H-pyrrole nitrogens is 1. The molecule has 1 unspecified atom stereocenters. The summed E-state index contributed by atoms with van der Waals surface area (Å²) in [5.41, 5.74) is 1.22. The van der Waals surface area contributed by atoms with Crippen LogP contribution in [0.15, 0.2) is 48.7 Å². The summed E-state index contributed by atoms with van der Waals surface area (Å²) in [6.07, 6.45) is 4.92. The molecule has 3 N–H and O–H groups in total. The van der Waals surface area contributed by atoms with Gasteiger partial charge >= 0.3 is 5.97 Å². The van der Waals surface area contributed by atoms with E-state index in [1.807, 2.05) is 0 Å². The summed E-state index contributed by atoms with van der Waals surface area (Å²) in [5.74, 6) is -2.90. The number of carboxylic acid groups (broad SMARTS) is 1. The van der Waals surface area contributed by atoms with Crippen LogP contribution in [0.4, 0.5) is 14.6 Å². The molecule has 3 aliphatic carbocycles. The molecule has 2 atom stereocenters. The Bertz CT molecular complexity index is 1610. The molecule has 2 heterocycles. The van der Waals surface area contributed by atoms with E-state index in [2.05, 4.69) is 21.4 Å². The number of anilines is 1. The van der Waals surface area contributed by atoms with Gasteiger partial charge in [0.15, 0.2) is 11.6 Å². The predicted molar refractivity (Wildman–Crippen MR) is 141 cm³/mol. The average molecular weight is 533 g/mol. The topological polar surface area (TPSA) is 102 Å². The van der Waals surface area contributed by atoms with Crippen LogP contribution >= 0.6 is 11.6 Å². The molecular weight excluding hydrogens is 510 g/mol. The third-order valence-electron chi connectivity index (χ3n) is 8.08.